The van der Waals surface area contributed by atoms with Crippen LogP contribution in [0.2, 0.25) is 0 Å². The monoisotopic (exact) mass is 395 g/mol. The zero-order valence-corrected chi connectivity index (χ0v) is 15.8. The summed E-state index contributed by atoms with van der Waals surface area (Å²) < 4.78 is 40.6. The van der Waals surface area contributed by atoms with Crippen LogP contribution in [0, 0.1) is 0 Å². The predicted molar refractivity (Wildman–Crippen MR) is 108 cm³/mol. The van der Waals surface area contributed by atoms with Crippen molar-refractivity contribution in [2.75, 3.05) is 13.6 Å². The van der Waals surface area contributed by atoms with Gasteiger partial charge in [-0.15, -0.1) is 0 Å². The maximum atomic E-state index is 13.5. The minimum atomic E-state index is -4.43. The van der Waals surface area contributed by atoms with Gasteiger partial charge in [0, 0.05) is 7.05 Å². The second-order valence-corrected chi connectivity index (χ2v) is 7.18. The number of nitrogens with zero attached hydrogens (tertiary/aromatic N) is 2. The molecule has 1 unspecified atom stereocenters. The van der Waals surface area contributed by atoms with Crippen LogP contribution in [-0.4, -0.2) is 24.5 Å². The zero-order chi connectivity index (χ0) is 20.6. The van der Waals surface area contributed by atoms with Crippen LogP contribution >= 0.6 is 0 Å². The van der Waals surface area contributed by atoms with Crippen molar-refractivity contribution in [3.05, 3.63) is 95.6 Å². The van der Waals surface area contributed by atoms with Crippen LogP contribution in [-0.2, 0) is 11.7 Å². The summed E-state index contributed by atoms with van der Waals surface area (Å²) in [4.78, 5) is 6.60. The van der Waals surface area contributed by atoms with E-state index in [0.717, 1.165) is 17.2 Å². The van der Waals surface area contributed by atoms with Crippen molar-refractivity contribution in [1.82, 2.24) is 4.90 Å². The molecule has 4 rings (SSSR count). The summed E-state index contributed by atoms with van der Waals surface area (Å²) in [5.41, 5.74) is 7.03. The summed E-state index contributed by atoms with van der Waals surface area (Å²) in [6.07, 6.45) is -4.43. The fourth-order valence-electron chi connectivity index (χ4n) is 3.86. The number of rotatable bonds is 3. The molecule has 148 valence electrons. The lowest BCUT2D eigenvalue weighted by atomic mass is 9.82. The summed E-state index contributed by atoms with van der Waals surface area (Å²) >= 11 is 0. The first kappa shape index (κ1) is 19.1. The second-order valence-electron chi connectivity index (χ2n) is 7.18. The van der Waals surface area contributed by atoms with E-state index >= 15 is 0 Å². The van der Waals surface area contributed by atoms with Crippen molar-refractivity contribution in [2.45, 2.75) is 11.7 Å². The molecule has 1 aliphatic heterocycles. The van der Waals surface area contributed by atoms with Gasteiger partial charge in [0.15, 0.2) is 5.96 Å². The quantitative estimate of drug-likeness (QED) is 0.687. The highest BCUT2D eigenvalue weighted by molar-refractivity contribution is 5.82. The predicted octanol–water partition coefficient (Wildman–Crippen LogP) is 4.88. The lowest BCUT2D eigenvalue weighted by Crippen LogP contribution is -2.34. The van der Waals surface area contributed by atoms with E-state index in [4.69, 9.17) is 10.7 Å². The van der Waals surface area contributed by atoms with Gasteiger partial charge < -0.3 is 10.6 Å². The van der Waals surface area contributed by atoms with E-state index in [1.54, 1.807) is 24.3 Å². The van der Waals surface area contributed by atoms with Crippen LogP contribution in [0.4, 0.5) is 13.2 Å². The van der Waals surface area contributed by atoms with E-state index in [1.165, 1.54) is 12.1 Å². The van der Waals surface area contributed by atoms with Gasteiger partial charge in [-0.25, -0.2) is 4.99 Å². The first-order valence-electron chi connectivity index (χ1n) is 9.20. The summed E-state index contributed by atoms with van der Waals surface area (Å²) in [6, 6.07) is 22.4. The fourth-order valence-corrected chi connectivity index (χ4v) is 3.86. The maximum Gasteiger partial charge on any atom is 0.417 e. The number of hydrogen-bond acceptors (Lipinski definition) is 3. The van der Waals surface area contributed by atoms with Gasteiger partial charge in [-0.3, -0.25) is 0 Å². The SMILES string of the molecule is CN1CC(c2ccccc2)(c2cccc(-c3ccccc3C(F)(F)F)c2)N=C1N. The number of alkyl halides is 3. The van der Waals surface area contributed by atoms with Gasteiger partial charge in [-0.2, -0.15) is 13.2 Å². The highest BCUT2D eigenvalue weighted by Crippen LogP contribution is 2.41. The van der Waals surface area contributed by atoms with Crippen LogP contribution in [0.25, 0.3) is 11.1 Å². The zero-order valence-electron chi connectivity index (χ0n) is 15.8. The van der Waals surface area contributed by atoms with E-state index in [2.05, 4.69) is 0 Å². The number of aliphatic imine (C=N–C) groups is 1. The van der Waals surface area contributed by atoms with Gasteiger partial charge in [0.1, 0.15) is 5.54 Å². The molecular formula is C23H20F3N3. The number of benzene rings is 3. The third-order valence-corrected chi connectivity index (χ3v) is 5.30. The summed E-state index contributed by atoms with van der Waals surface area (Å²) in [7, 11) is 1.85. The van der Waals surface area contributed by atoms with Crippen LogP contribution in [0.3, 0.4) is 0 Å². The topological polar surface area (TPSA) is 41.6 Å². The highest BCUT2D eigenvalue weighted by Gasteiger charge is 2.41. The molecule has 1 atom stereocenters. The molecule has 0 spiro atoms. The lowest BCUT2D eigenvalue weighted by Gasteiger charge is -2.28. The number of likely N-dealkylation sites (N-methyl/N-ethyl adjacent to an activating group) is 1. The third kappa shape index (κ3) is 3.35. The van der Waals surface area contributed by atoms with Gasteiger partial charge in [0.2, 0.25) is 0 Å². The van der Waals surface area contributed by atoms with Gasteiger partial charge >= 0.3 is 6.18 Å². The van der Waals surface area contributed by atoms with Gasteiger partial charge in [0.25, 0.3) is 0 Å². The van der Waals surface area contributed by atoms with E-state index < -0.39 is 17.3 Å². The summed E-state index contributed by atoms with van der Waals surface area (Å²) in [5.74, 6) is 0.398. The molecule has 0 amide bonds. The third-order valence-electron chi connectivity index (χ3n) is 5.30. The average molecular weight is 395 g/mol. The molecule has 0 aromatic heterocycles. The molecule has 3 aromatic rings. The van der Waals surface area contributed by atoms with Crippen LogP contribution in [0.5, 0.6) is 0 Å². The average Bonchev–Trinajstić information content (AvgIpc) is 3.04. The van der Waals surface area contributed by atoms with Gasteiger partial charge in [0.05, 0.1) is 12.1 Å². The largest absolute Gasteiger partial charge is 0.417 e. The maximum absolute atomic E-state index is 13.5. The Bertz CT molecular complexity index is 1060. The van der Waals surface area contributed by atoms with Crippen molar-refractivity contribution in [2.24, 2.45) is 10.7 Å². The smallest absolute Gasteiger partial charge is 0.370 e. The fraction of sp³-hybridized carbons (Fsp3) is 0.174. The summed E-state index contributed by atoms with van der Waals surface area (Å²) in [6.45, 7) is 0.507. The highest BCUT2D eigenvalue weighted by atomic mass is 19.4. The van der Waals surface area contributed by atoms with Gasteiger partial charge in [-0.1, -0.05) is 66.7 Å². The molecule has 0 aliphatic carbocycles. The van der Waals surface area contributed by atoms with Crippen molar-refractivity contribution in [3.63, 3.8) is 0 Å². The molecule has 29 heavy (non-hydrogen) atoms. The minimum absolute atomic E-state index is 0.147. The van der Waals surface area contributed by atoms with E-state index in [1.807, 2.05) is 48.3 Å². The number of guanidine groups is 1. The Morgan fingerprint density at radius 2 is 1.55 bits per heavy atom. The van der Waals surface area contributed by atoms with Crippen LogP contribution in [0.1, 0.15) is 16.7 Å². The van der Waals surface area contributed by atoms with Crippen molar-refractivity contribution >= 4 is 5.96 Å². The molecule has 0 radical (unpaired) electrons. The Kier molecular flexibility index (Phi) is 4.57. The molecule has 1 aliphatic rings. The van der Waals surface area contributed by atoms with Crippen LogP contribution < -0.4 is 5.73 Å². The Balaban J connectivity index is 1.89. The standard InChI is InChI=1S/C23H20F3N3/c1-29-15-22(28-21(29)27,17-9-3-2-4-10-17)18-11-7-8-16(14-18)19-12-5-6-13-20(19)23(24,25)26/h2-14H,15H2,1H3,(H2,27,28). The molecule has 0 saturated heterocycles. The number of halogens is 3. The Hall–Kier alpha value is -3.28. The molecule has 0 saturated carbocycles. The van der Waals surface area contributed by atoms with Crippen molar-refractivity contribution in [1.29, 1.82) is 0 Å². The van der Waals surface area contributed by atoms with E-state index in [0.29, 0.717) is 18.1 Å². The molecular weight excluding hydrogens is 375 g/mol. The minimum Gasteiger partial charge on any atom is -0.370 e. The number of nitrogens with two attached hydrogens (primary N) is 1. The van der Waals surface area contributed by atoms with Crippen molar-refractivity contribution in [3.8, 4) is 11.1 Å². The molecule has 0 bridgehead atoms. The van der Waals surface area contributed by atoms with Crippen LogP contribution in [0.15, 0.2) is 83.9 Å². The summed E-state index contributed by atoms with van der Waals surface area (Å²) in [5, 5.41) is 0. The van der Waals surface area contributed by atoms with Crippen molar-refractivity contribution < 1.29 is 13.2 Å². The Morgan fingerprint density at radius 3 is 2.21 bits per heavy atom. The first-order chi connectivity index (χ1) is 13.8. The molecule has 2 N–H and O–H groups in total. The number of hydrogen-bond donors (Lipinski definition) is 1. The second kappa shape index (κ2) is 6.95. The Morgan fingerprint density at radius 1 is 0.897 bits per heavy atom. The van der Waals surface area contributed by atoms with E-state index in [9.17, 15) is 13.2 Å². The molecule has 6 heteroatoms. The molecule has 3 aromatic carbocycles. The van der Waals surface area contributed by atoms with Gasteiger partial charge in [-0.05, 0) is 34.4 Å². The Labute approximate surface area is 167 Å². The van der Waals surface area contributed by atoms with E-state index in [-0.39, 0.29) is 5.56 Å². The normalized spacial score (nSPS) is 19.3. The molecule has 1 heterocycles. The first-order valence-corrected chi connectivity index (χ1v) is 9.20. The molecule has 0 fully saturated rings. The molecule has 3 nitrogen and oxygen atoms in total. The lowest BCUT2D eigenvalue weighted by molar-refractivity contribution is -0.137.